The third-order valence-corrected chi connectivity index (χ3v) is 5.00. The van der Waals surface area contributed by atoms with Crippen molar-refractivity contribution in [2.24, 2.45) is 0 Å². The number of nitrogens with zero attached hydrogens (tertiary/aromatic N) is 1. The molecule has 0 saturated heterocycles. The molecule has 1 amide bonds. The maximum atomic E-state index is 12.2. The molecular weight excluding hydrogens is 352 g/mol. The smallest absolute Gasteiger partial charge is 0.251 e. The molecule has 2 rings (SSSR count). The van der Waals surface area contributed by atoms with Gasteiger partial charge in [0.2, 0.25) is 10.0 Å². The maximum absolute atomic E-state index is 12.2. The van der Waals surface area contributed by atoms with Crippen LogP contribution in [0.15, 0.2) is 48.5 Å². The third kappa shape index (κ3) is 5.57. The normalized spacial score (nSPS) is 11.2. The summed E-state index contributed by atoms with van der Waals surface area (Å²) in [5.41, 5.74) is 2.99. The van der Waals surface area contributed by atoms with Crippen molar-refractivity contribution in [1.82, 2.24) is 5.32 Å². The second-order valence-corrected chi connectivity index (χ2v) is 7.96. The van der Waals surface area contributed by atoms with Gasteiger partial charge in [-0.05, 0) is 36.8 Å². The minimum absolute atomic E-state index is 0.224. The zero-order valence-corrected chi connectivity index (χ0v) is 16.0. The molecule has 1 N–H and O–H groups in total. The molecule has 6 nitrogen and oxygen atoms in total. The number of carbonyl (C=O) groups is 1. The van der Waals surface area contributed by atoms with E-state index in [4.69, 9.17) is 4.74 Å². The number of amides is 1. The Hall–Kier alpha value is -2.38. The van der Waals surface area contributed by atoms with Crippen molar-refractivity contribution in [2.45, 2.75) is 13.5 Å². The molecule has 0 radical (unpaired) electrons. The van der Waals surface area contributed by atoms with Crippen LogP contribution in [0.2, 0.25) is 0 Å². The summed E-state index contributed by atoms with van der Waals surface area (Å²) >= 11 is 0. The summed E-state index contributed by atoms with van der Waals surface area (Å²) in [5.74, 6) is -0.224. The molecule has 0 bridgehead atoms. The largest absolute Gasteiger partial charge is 0.383 e. The van der Waals surface area contributed by atoms with E-state index in [0.717, 1.165) is 11.1 Å². The highest BCUT2D eigenvalue weighted by Crippen LogP contribution is 2.21. The van der Waals surface area contributed by atoms with Gasteiger partial charge in [0.1, 0.15) is 0 Å². The summed E-state index contributed by atoms with van der Waals surface area (Å²) in [6.45, 7) is 3.06. The minimum Gasteiger partial charge on any atom is -0.383 e. The van der Waals surface area contributed by atoms with E-state index in [9.17, 15) is 13.2 Å². The first-order valence-electron chi connectivity index (χ1n) is 8.21. The fraction of sp³-hybridized carbons (Fsp3) is 0.316. The Labute approximate surface area is 154 Å². The van der Waals surface area contributed by atoms with E-state index in [-0.39, 0.29) is 12.5 Å². The van der Waals surface area contributed by atoms with Crippen LogP contribution in [0.4, 0.5) is 5.69 Å². The third-order valence-electron chi connectivity index (χ3n) is 3.86. The summed E-state index contributed by atoms with van der Waals surface area (Å²) in [7, 11) is -1.90. The lowest BCUT2D eigenvalue weighted by Crippen LogP contribution is -2.29. The number of benzene rings is 2. The molecule has 0 atom stereocenters. The van der Waals surface area contributed by atoms with Gasteiger partial charge in [0.15, 0.2) is 0 Å². The predicted octanol–water partition coefficient (Wildman–Crippen LogP) is 2.34. The first-order chi connectivity index (χ1) is 12.3. The number of ether oxygens (including phenoxy) is 1. The number of anilines is 1. The quantitative estimate of drug-likeness (QED) is 0.718. The lowest BCUT2D eigenvalue weighted by molar-refractivity contribution is 0.0937. The van der Waals surface area contributed by atoms with Crippen LogP contribution < -0.4 is 9.62 Å². The molecule has 0 aliphatic carbocycles. The summed E-state index contributed by atoms with van der Waals surface area (Å²) in [6.07, 6.45) is 1.17. The molecule has 2 aromatic carbocycles. The second kappa shape index (κ2) is 8.82. The Balaban J connectivity index is 2.18. The Morgan fingerprint density at radius 1 is 1.08 bits per heavy atom. The number of hydrogen-bond acceptors (Lipinski definition) is 4. The summed E-state index contributed by atoms with van der Waals surface area (Å²) in [5, 5.41) is 2.73. The molecule has 0 saturated carbocycles. The molecule has 2 aromatic rings. The average molecular weight is 376 g/mol. The van der Waals surface area contributed by atoms with Crippen molar-refractivity contribution >= 4 is 21.6 Å². The highest BCUT2D eigenvalue weighted by molar-refractivity contribution is 7.92. The van der Waals surface area contributed by atoms with Gasteiger partial charge >= 0.3 is 0 Å². The molecule has 0 aliphatic rings. The molecule has 0 fully saturated rings. The van der Waals surface area contributed by atoms with Gasteiger partial charge in [-0.15, -0.1) is 0 Å². The van der Waals surface area contributed by atoms with Gasteiger partial charge in [0.05, 0.1) is 25.1 Å². The zero-order valence-electron chi connectivity index (χ0n) is 15.2. The molecule has 140 valence electrons. The topological polar surface area (TPSA) is 75.7 Å². The van der Waals surface area contributed by atoms with Crippen LogP contribution in [-0.4, -0.2) is 40.8 Å². The maximum Gasteiger partial charge on any atom is 0.251 e. The first-order valence-corrected chi connectivity index (χ1v) is 10.1. The van der Waals surface area contributed by atoms with Crippen LogP contribution in [0.5, 0.6) is 0 Å². The number of methoxy groups -OCH3 is 1. The Bertz CT molecular complexity index is 831. The molecule has 7 heteroatoms. The molecule has 0 heterocycles. The van der Waals surface area contributed by atoms with Crippen LogP contribution in [0, 0.1) is 6.92 Å². The number of carbonyl (C=O) groups excluding carboxylic acids is 1. The van der Waals surface area contributed by atoms with Crippen molar-refractivity contribution in [3.63, 3.8) is 0 Å². The van der Waals surface area contributed by atoms with Gasteiger partial charge < -0.3 is 10.1 Å². The van der Waals surface area contributed by atoms with E-state index in [1.165, 1.54) is 10.6 Å². The Morgan fingerprint density at radius 3 is 2.23 bits per heavy atom. The predicted molar refractivity (Wildman–Crippen MR) is 103 cm³/mol. The van der Waals surface area contributed by atoms with E-state index in [0.29, 0.717) is 24.4 Å². The summed E-state index contributed by atoms with van der Waals surface area (Å²) < 4.78 is 30.7. The van der Waals surface area contributed by atoms with Crippen LogP contribution >= 0.6 is 0 Å². The SMILES string of the molecule is COCCNC(=O)c1ccc(N(Cc2ccc(C)cc2)S(C)(=O)=O)cc1. The van der Waals surface area contributed by atoms with Crippen molar-refractivity contribution < 1.29 is 17.9 Å². The van der Waals surface area contributed by atoms with Crippen molar-refractivity contribution in [2.75, 3.05) is 30.8 Å². The number of sulfonamides is 1. The lowest BCUT2D eigenvalue weighted by Gasteiger charge is -2.23. The number of hydrogen-bond donors (Lipinski definition) is 1. The molecule has 0 aliphatic heterocycles. The molecule has 0 aromatic heterocycles. The fourth-order valence-corrected chi connectivity index (χ4v) is 3.30. The molecule has 0 spiro atoms. The molecular formula is C19H24N2O4S. The Kier molecular flexibility index (Phi) is 6.76. The van der Waals surface area contributed by atoms with Crippen molar-refractivity contribution in [3.05, 3.63) is 65.2 Å². The summed E-state index contributed by atoms with van der Waals surface area (Å²) in [6, 6.07) is 14.2. The zero-order chi connectivity index (χ0) is 19.2. The highest BCUT2D eigenvalue weighted by Gasteiger charge is 2.18. The van der Waals surface area contributed by atoms with Crippen molar-refractivity contribution in [3.8, 4) is 0 Å². The van der Waals surface area contributed by atoms with Gasteiger partial charge in [0.25, 0.3) is 5.91 Å². The first kappa shape index (κ1) is 19.9. The van der Waals surface area contributed by atoms with Crippen LogP contribution in [0.3, 0.4) is 0 Å². The van der Waals surface area contributed by atoms with Gasteiger partial charge in [-0.25, -0.2) is 8.42 Å². The summed E-state index contributed by atoms with van der Waals surface area (Å²) in [4.78, 5) is 12.0. The van der Waals surface area contributed by atoms with Gasteiger partial charge in [-0.2, -0.15) is 0 Å². The minimum atomic E-state index is -3.46. The Morgan fingerprint density at radius 2 is 1.69 bits per heavy atom. The number of rotatable bonds is 8. The average Bonchev–Trinajstić information content (AvgIpc) is 2.60. The molecule has 26 heavy (non-hydrogen) atoms. The van der Waals surface area contributed by atoms with E-state index in [2.05, 4.69) is 5.32 Å². The monoisotopic (exact) mass is 376 g/mol. The lowest BCUT2D eigenvalue weighted by atomic mass is 10.1. The van der Waals surface area contributed by atoms with Crippen LogP contribution in [0.1, 0.15) is 21.5 Å². The fourth-order valence-electron chi connectivity index (χ4n) is 2.41. The van der Waals surface area contributed by atoms with E-state index < -0.39 is 10.0 Å². The standard InChI is InChI=1S/C19H24N2O4S/c1-15-4-6-16(7-5-15)14-21(26(3,23)24)18-10-8-17(9-11-18)19(22)20-12-13-25-2/h4-11H,12-14H2,1-3H3,(H,20,22). The van der Waals surface area contributed by atoms with Gasteiger partial charge in [0, 0.05) is 19.2 Å². The molecule has 0 unspecified atom stereocenters. The highest BCUT2D eigenvalue weighted by atomic mass is 32.2. The number of nitrogens with one attached hydrogen (secondary N) is 1. The van der Waals surface area contributed by atoms with E-state index in [1.54, 1.807) is 31.4 Å². The van der Waals surface area contributed by atoms with Gasteiger partial charge in [-0.3, -0.25) is 9.10 Å². The van der Waals surface area contributed by atoms with E-state index in [1.807, 2.05) is 31.2 Å². The second-order valence-electron chi connectivity index (χ2n) is 6.05. The number of aryl methyl sites for hydroxylation is 1. The van der Waals surface area contributed by atoms with Gasteiger partial charge in [-0.1, -0.05) is 29.8 Å². The van der Waals surface area contributed by atoms with E-state index >= 15 is 0 Å². The van der Waals surface area contributed by atoms with Crippen LogP contribution in [-0.2, 0) is 21.3 Å². The van der Waals surface area contributed by atoms with Crippen LogP contribution in [0.25, 0.3) is 0 Å². The van der Waals surface area contributed by atoms with Crippen molar-refractivity contribution in [1.29, 1.82) is 0 Å².